The van der Waals surface area contributed by atoms with Crippen molar-refractivity contribution in [3.05, 3.63) is 90.5 Å². The molecule has 0 bridgehead atoms. The largest absolute Gasteiger partial charge is 0.494 e. The lowest BCUT2D eigenvalue weighted by Gasteiger charge is -2.13. The van der Waals surface area contributed by atoms with Gasteiger partial charge in [-0.1, -0.05) is 49.7 Å². The van der Waals surface area contributed by atoms with Crippen LogP contribution in [0.3, 0.4) is 0 Å². The number of benzene rings is 3. The number of thioether (sulfide) groups is 1. The minimum Gasteiger partial charge on any atom is -0.494 e. The Morgan fingerprint density at radius 3 is 2.44 bits per heavy atom. The molecule has 3 aromatic carbocycles. The molecule has 0 aliphatic heterocycles. The van der Waals surface area contributed by atoms with Crippen LogP contribution in [-0.4, -0.2) is 23.7 Å². The Labute approximate surface area is 205 Å². The van der Waals surface area contributed by atoms with Crippen LogP contribution < -0.4 is 15.4 Å². The van der Waals surface area contributed by atoms with Crippen molar-refractivity contribution in [2.24, 2.45) is 0 Å². The van der Waals surface area contributed by atoms with Crippen LogP contribution in [0.15, 0.2) is 89.8 Å². The summed E-state index contributed by atoms with van der Waals surface area (Å²) >= 11 is 1.43. The van der Waals surface area contributed by atoms with E-state index in [-0.39, 0.29) is 17.1 Å². The van der Waals surface area contributed by atoms with Gasteiger partial charge in [-0.15, -0.1) is 11.8 Å². The van der Waals surface area contributed by atoms with E-state index in [0.717, 1.165) is 34.7 Å². The number of nitrogens with one attached hydrogen (secondary N) is 2. The van der Waals surface area contributed by atoms with E-state index >= 15 is 0 Å². The van der Waals surface area contributed by atoms with Crippen LogP contribution in [0.25, 0.3) is 6.08 Å². The molecular weight excluding hydrogens is 444 g/mol. The summed E-state index contributed by atoms with van der Waals surface area (Å²) in [6.07, 6.45) is 5.38. The summed E-state index contributed by atoms with van der Waals surface area (Å²) in [5, 5.41) is 5.49. The molecule has 1 atom stereocenters. The number of carbonyl (C=O) groups is 2. The lowest BCUT2D eigenvalue weighted by Crippen LogP contribution is -2.22. The lowest BCUT2D eigenvalue weighted by atomic mass is 10.2. The maximum atomic E-state index is 12.7. The predicted octanol–water partition coefficient (Wildman–Crippen LogP) is 6.64. The van der Waals surface area contributed by atoms with Crippen molar-refractivity contribution in [2.75, 3.05) is 17.2 Å². The van der Waals surface area contributed by atoms with E-state index in [4.69, 9.17) is 4.74 Å². The molecule has 0 radical (unpaired) electrons. The van der Waals surface area contributed by atoms with E-state index in [1.165, 1.54) is 17.8 Å². The fourth-order valence-corrected chi connectivity index (χ4v) is 3.96. The Kier molecular flexibility index (Phi) is 9.80. The second-order valence-electron chi connectivity index (χ2n) is 7.74. The maximum Gasteiger partial charge on any atom is 0.248 e. The summed E-state index contributed by atoms with van der Waals surface area (Å²) in [4.78, 5) is 25.8. The lowest BCUT2D eigenvalue weighted by molar-refractivity contribution is -0.115. The molecule has 0 aliphatic rings. The molecule has 6 heteroatoms. The van der Waals surface area contributed by atoms with Crippen molar-refractivity contribution in [1.29, 1.82) is 0 Å². The zero-order valence-electron chi connectivity index (χ0n) is 19.5. The van der Waals surface area contributed by atoms with Gasteiger partial charge in [0.25, 0.3) is 0 Å². The van der Waals surface area contributed by atoms with E-state index in [9.17, 15) is 9.59 Å². The molecule has 1 unspecified atom stereocenters. The Balaban J connectivity index is 1.51. The Morgan fingerprint density at radius 1 is 0.941 bits per heavy atom. The summed E-state index contributed by atoms with van der Waals surface area (Å²) in [7, 11) is 0. The standard InChI is InChI=1S/C28H30N2O3S/c1-3-4-19-33-25-16-14-23(15-17-25)30-28(32)21(2)34-26-12-8-11-24(20-26)29-27(31)18-13-22-9-6-5-7-10-22/h5-18,20-21H,3-4,19H2,1-2H3,(H,29,31)(H,30,32)/b18-13+. The summed E-state index contributed by atoms with van der Waals surface area (Å²) < 4.78 is 5.66. The van der Waals surface area contributed by atoms with Gasteiger partial charge < -0.3 is 15.4 Å². The topological polar surface area (TPSA) is 67.4 Å². The quantitative estimate of drug-likeness (QED) is 0.186. The zero-order valence-corrected chi connectivity index (χ0v) is 20.3. The van der Waals surface area contributed by atoms with Gasteiger partial charge in [-0.25, -0.2) is 0 Å². The second kappa shape index (κ2) is 13.3. The Morgan fingerprint density at radius 2 is 1.71 bits per heavy atom. The van der Waals surface area contributed by atoms with E-state index in [0.29, 0.717) is 12.3 Å². The number of amides is 2. The molecule has 0 aromatic heterocycles. The molecule has 0 saturated heterocycles. The van der Waals surface area contributed by atoms with Crippen molar-refractivity contribution >= 4 is 41.0 Å². The molecule has 0 aliphatic carbocycles. The SMILES string of the molecule is CCCCOc1ccc(NC(=O)C(C)Sc2cccc(NC(=O)/C=C/c3ccccc3)c2)cc1. The van der Waals surface area contributed by atoms with E-state index in [1.807, 2.05) is 85.8 Å². The first-order chi connectivity index (χ1) is 16.5. The van der Waals surface area contributed by atoms with Gasteiger partial charge in [-0.05, 0) is 67.4 Å². The molecule has 0 fully saturated rings. The van der Waals surface area contributed by atoms with Crippen LogP contribution in [-0.2, 0) is 9.59 Å². The minimum absolute atomic E-state index is 0.0927. The summed E-state index contributed by atoms with van der Waals surface area (Å²) in [5.41, 5.74) is 2.37. The number of hydrogen-bond acceptors (Lipinski definition) is 4. The normalized spacial score (nSPS) is 11.7. The zero-order chi connectivity index (χ0) is 24.2. The van der Waals surface area contributed by atoms with Gasteiger partial charge in [0.2, 0.25) is 11.8 Å². The van der Waals surface area contributed by atoms with E-state index in [2.05, 4.69) is 17.6 Å². The monoisotopic (exact) mass is 474 g/mol. The van der Waals surface area contributed by atoms with Crippen molar-refractivity contribution in [2.45, 2.75) is 36.8 Å². The molecule has 2 N–H and O–H groups in total. The highest BCUT2D eigenvalue weighted by molar-refractivity contribution is 8.00. The van der Waals surface area contributed by atoms with Gasteiger partial charge in [0, 0.05) is 22.3 Å². The molecule has 2 amide bonds. The van der Waals surface area contributed by atoms with Crippen LogP contribution >= 0.6 is 11.8 Å². The second-order valence-corrected chi connectivity index (χ2v) is 9.15. The number of rotatable bonds is 11. The fourth-order valence-electron chi connectivity index (χ4n) is 3.04. The number of ether oxygens (including phenoxy) is 1. The first-order valence-corrected chi connectivity index (χ1v) is 12.3. The average Bonchev–Trinajstić information content (AvgIpc) is 2.85. The molecule has 34 heavy (non-hydrogen) atoms. The molecule has 5 nitrogen and oxygen atoms in total. The van der Waals surface area contributed by atoms with Gasteiger partial charge in [0.1, 0.15) is 5.75 Å². The first kappa shape index (κ1) is 25.1. The van der Waals surface area contributed by atoms with Crippen molar-refractivity contribution in [3.8, 4) is 5.75 Å². The molecule has 0 saturated carbocycles. The molecule has 0 spiro atoms. The smallest absolute Gasteiger partial charge is 0.248 e. The maximum absolute atomic E-state index is 12.7. The first-order valence-electron chi connectivity index (χ1n) is 11.4. The van der Waals surface area contributed by atoms with Crippen LogP contribution in [0, 0.1) is 0 Å². The number of hydrogen-bond donors (Lipinski definition) is 2. The van der Waals surface area contributed by atoms with Crippen LogP contribution in [0.2, 0.25) is 0 Å². The fraction of sp³-hybridized carbons (Fsp3) is 0.214. The van der Waals surface area contributed by atoms with E-state index in [1.54, 1.807) is 6.08 Å². The molecular formula is C28H30N2O3S. The Bertz CT molecular complexity index is 1100. The molecule has 3 rings (SSSR count). The minimum atomic E-state index is -0.315. The highest BCUT2D eigenvalue weighted by Gasteiger charge is 2.15. The summed E-state index contributed by atoms with van der Waals surface area (Å²) in [6.45, 7) is 4.67. The van der Waals surface area contributed by atoms with Crippen LogP contribution in [0.5, 0.6) is 5.75 Å². The van der Waals surface area contributed by atoms with Crippen LogP contribution in [0.1, 0.15) is 32.3 Å². The van der Waals surface area contributed by atoms with Crippen molar-refractivity contribution in [3.63, 3.8) is 0 Å². The highest BCUT2D eigenvalue weighted by Crippen LogP contribution is 2.27. The van der Waals surface area contributed by atoms with Crippen molar-refractivity contribution < 1.29 is 14.3 Å². The van der Waals surface area contributed by atoms with Gasteiger partial charge in [0.15, 0.2) is 0 Å². The predicted molar refractivity (Wildman–Crippen MR) is 141 cm³/mol. The van der Waals surface area contributed by atoms with Crippen LogP contribution in [0.4, 0.5) is 11.4 Å². The average molecular weight is 475 g/mol. The molecule has 176 valence electrons. The van der Waals surface area contributed by atoms with Gasteiger partial charge in [-0.3, -0.25) is 9.59 Å². The summed E-state index contributed by atoms with van der Waals surface area (Å²) in [6, 6.07) is 24.5. The highest BCUT2D eigenvalue weighted by atomic mass is 32.2. The molecule has 3 aromatic rings. The van der Waals surface area contributed by atoms with Gasteiger partial charge in [-0.2, -0.15) is 0 Å². The Hall–Kier alpha value is -3.51. The third kappa shape index (κ3) is 8.45. The number of anilines is 2. The number of unbranched alkanes of at least 4 members (excludes halogenated alkanes) is 1. The van der Waals surface area contributed by atoms with E-state index < -0.39 is 0 Å². The third-order valence-corrected chi connectivity index (χ3v) is 5.99. The van der Waals surface area contributed by atoms with Crippen molar-refractivity contribution in [1.82, 2.24) is 0 Å². The van der Waals surface area contributed by atoms with Gasteiger partial charge in [0.05, 0.1) is 11.9 Å². The molecule has 0 heterocycles. The third-order valence-electron chi connectivity index (χ3n) is 4.90. The van der Waals surface area contributed by atoms with Gasteiger partial charge >= 0.3 is 0 Å². The number of carbonyl (C=O) groups excluding carboxylic acids is 2. The summed E-state index contributed by atoms with van der Waals surface area (Å²) in [5.74, 6) is 0.496.